The van der Waals surface area contributed by atoms with E-state index in [1.807, 2.05) is 18.2 Å². The van der Waals surface area contributed by atoms with Gasteiger partial charge in [0.05, 0.1) is 17.9 Å². The molecule has 0 radical (unpaired) electrons. The van der Waals surface area contributed by atoms with Crippen LogP contribution in [0.5, 0.6) is 0 Å². The molecule has 0 spiro atoms. The molecular weight excluding hydrogens is 214 g/mol. The molecule has 0 bridgehead atoms. The third kappa shape index (κ3) is 1.21. The van der Waals surface area contributed by atoms with Gasteiger partial charge >= 0.3 is 0 Å². The maximum atomic E-state index is 11.6. The van der Waals surface area contributed by atoms with Gasteiger partial charge in [-0.2, -0.15) is 0 Å². The largest absolute Gasteiger partial charge is 0.515 e. The second-order valence-corrected chi connectivity index (χ2v) is 4.36. The zero-order valence-electron chi connectivity index (χ0n) is 9.10. The minimum absolute atomic E-state index is 0.0111. The van der Waals surface area contributed by atoms with Crippen molar-refractivity contribution < 1.29 is 9.90 Å². The average molecular weight is 225 g/mol. The van der Waals surface area contributed by atoms with Crippen LogP contribution in [0.4, 0.5) is 0 Å². The van der Waals surface area contributed by atoms with Crippen LogP contribution in [0.25, 0.3) is 0 Å². The first-order valence-corrected chi connectivity index (χ1v) is 5.49. The van der Waals surface area contributed by atoms with Gasteiger partial charge in [-0.25, -0.2) is 0 Å². The Morgan fingerprint density at radius 1 is 1.53 bits per heavy atom. The number of rotatable bonds is 0. The van der Waals surface area contributed by atoms with Crippen LogP contribution in [-0.2, 0) is 11.2 Å². The van der Waals surface area contributed by atoms with Crippen molar-refractivity contribution in [3.63, 3.8) is 0 Å². The van der Waals surface area contributed by atoms with Crippen molar-refractivity contribution in [1.82, 2.24) is 5.32 Å². The molecule has 1 aliphatic carbocycles. The summed E-state index contributed by atoms with van der Waals surface area (Å²) >= 11 is 0. The fraction of sp³-hybridized carbons (Fsp3) is 0.214. The highest BCUT2D eigenvalue weighted by Crippen LogP contribution is 2.44. The second-order valence-electron chi connectivity index (χ2n) is 4.36. The fourth-order valence-corrected chi connectivity index (χ4v) is 2.83. The van der Waals surface area contributed by atoms with Gasteiger partial charge in [-0.3, -0.25) is 4.79 Å². The van der Waals surface area contributed by atoms with Crippen molar-refractivity contribution in [3.8, 4) is 12.3 Å². The molecule has 1 heterocycles. The molecule has 1 aromatic rings. The Morgan fingerprint density at radius 2 is 2.35 bits per heavy atom. The Bertz CT molecular complexity index is 580. The van der Waals surface area contributed by atoms with Crippen LogP contribution in [0, 0.1) is 18.3 Å². The van der Waals surface area contributed by atoms with Crippen LogP contribution in [0.1, 0.15) is 22.7 Å². The monoisotopic (exact) mass is 225 g/mol. The van der Waals surface area contributed by atoms with Gasteiger partial charge in [-0.15, -0.1) is 6.42 Å². The summed E-state index contributed by atoms with van der Waals surface area (Å²) in [5.41, 5.74) is 3.53. The van der Waals surface area contributed by atoms with Gasteiger partial charge in [0.25, 0.3) is 5.91 Å². The minimum Gasteiger partial charge on any atom is -0.515 e. The number of hydrogen-bond acceptors (Lipinski definition) is 2. The first-order chi connectivity index (χ1) is 8.26. The van der Waals surface area contributed by atoms with Crippen molar-refractivity contribution in [3.05, 3.63) is 46.7 Å². The zero-order valence-corrected chi connectivity index (χ0v) is 9.10. The molecule has 2 atom stereocenters. The van der Waals surface area contributed by atoms with Crippen LogP contribution in [0.3, 0.4) is 0 Å². The van der Waals surface area contributed by atoms with E-state index in [-0.39, 0.29) is 17.9 Å². The molecule has 2 unspecified atom stereocenters. The third-order valence-corrected chi connectivity index (χ3v) is 3.62. The van der Waals surface area contributed by atoms with Gasteiger partial charge in [-0.05, 0) is 23.6 Å². The number of carbonyl (C=O) groups is 1. The first kappa shape index (κ1) is 9.98. The summed E-state index contributed by atoms with van der Waals surface area (Å²) in [4.78, 5) is 11.6. The molecule has 17 heavy (non-hydrogen) atoms. The van der Waals surface area contributed by atoms with Gasteiger partial charge < -0.3 is 10.4 Å². The van der Waals surface area contributed by atoms with E-state index >= 15 is 0 Å². The number of hydrogen-bond donors (Lipinski definition) is 2. The highest BCUT2D eigenvalue weighted by Gasteiger charge is 2.44. The number of carbonyl (C=O) groups excluding carboxylic acids is 1. The molecule has 2 aliphatic rings. The Kier molecular flexibility index (Phi) is 1.99. The predicted molar refractivity (Wildman–Crippen MR) is 63.2 cm³/mol. The predicted octanol–water partition coefficient (Wildman–Crippen LogP) is 1.45. The minimum atomic E-state index is -0.181. The number of nitrogens with one attached hydrogen (secondary N) is 1. The molecular formula is C14H11NO2. The molecule has 1 saturated heterocycles. The maximum Gasteiger partial charge on any atom is 0.251 e. The van der Waals surface area contributed by atoms with E-state index < -0.39 is 0 Å². The quantitative estimate of drug-likeness (QED) is 0.399. The average Bonchev–Trinajstić information content (AvgIpc) is 2.83. The topological polar surface area (TPSA) is 49.3 Å². The van der Waals surface area contributed by atoms with E-state index in [2.05, 4.69) is 11.2 Å². The lowest BCUT2D eigenvalue weighted by atomic mass is 9.97. The second kappa shape index (κ2) is 3.39. The third-order valence-electron chi connectivity index (χ3n) is 3.62. The molecule has 3 nitrogen and oxygen atoms in total. The van der Waals surface area contributed by atoms with Crippen molar-refractivity contribution in [1.29, 1.82) is 0 Å². The molecule has 2 N–H and O–H groups in total. The molecule has 3 heteroatoms. The number of amides is 1. The SMILES string of the molecule is C#Cc1cccc2c1CC1C(=CO)C(=O)NC21. The Morgan fingerprint density at radius 3 is 3.06 bits per heavy atom. The Balaban J connectivity index is 2.13. The molecule has 84 valence electrons. The lowest BCUT2D eigenvalue weighted by Gasteiger charge is -2.09. The molecule has 1 fully saturated rings. The number of aliphatic hydroxyl groups excluding tert-OH is 1. The highest BCUT2D eigenvalue weighted by atomic mass is 16.2. The van der Waals surface area contributed by atoms with E-state index in [1.54, 1.807) is 0 Å². The van der Waals surface area contributed by atoms with Crippen molar-refractivity contribution in [2.24, 2.45) is 5.92 Å². The lowest BCUT2D eigenvalue weighted by molar-refractivity contribution is -0.116. The molecule has 0 saturated carbocycles. The molecule has 1 aliphatic heterocycles. The van der Waals surface area contributed by atoms with Crippen molar-refractivity contribution in [2.45, 2.75) is 12.5 Å². The zero-order chi connectivity index (χ0) is 12.0. The first-order valence-electron chi connectivity index (χ1n) is 5.49. The van der Waals surface area contributed by atoms with Crippen LogP contribution in [0.15, 0.2) is 30.0 Å². The fourth-order valence-electron chi connectivity index (χ4n) is 2.83. The Labute approximate surface area is 99.2 Å². The van der Waals surface area contributed by atoms with E-state index in [0.29, 0.717) is 12.0 Å². The molecule has 3 rings (SSSR count). The summed E-state index contributed by atoms with van der Waals surface area (Å²) in [5, 5.41) is 12.0. The van der Waals surface area contributed by atoms with Crippen LogP contribution in [0.2, 0.25) is 0 Å². The van der Waals surface area contributed by atoms with Crippen LogP contribution in [-0.4, -0.2) is 11.0 Å². The standard InChI is InChI=1S/C14H11NO2/c1-2-8-4-3-5-9-10(8)6-11-12(7-16)14(17)15-13(9)11/h1,3-5,7,11,13,16H,6H2,(H,15,17). The molecule has 1 aromatic carbocycles. The Hall–Kier alpha value is -2.21. The normalized spacial score (nSPS) is 27.5. The van der Waals surface area contributed by atoms with E-state index in [1.165, 1.54) is 0 Å². The van der Waals surface area contributed by atoms with Crippen molar-refractivity contribution >= 4 is 5.91 Å². The van der Waals surface area contributed by atoms with Crippen LogP contribution >= 0.6 is 0 Å². The maximum absolute atomic E-state index is 11.6. The van der Waals surface area contributed by atoms with Gasteiger partial charge in [0.2, 0.25) is 0 Å². The van der Waals surface area contributed by atoms with Gasteiger partial charge in [0.15, 0.2) is 0 Å². The smallest absolute Gasteiger partial charge is 0.251 e. The highest BCUT2D eigenvalue weighted by molar-refractivity contribution is 5.97. The molecule has 1 amide bonds. The summed E-state index contributed by atoms with van der Waals surface area (Å²) in [5.74, 6) is 2.50. The number of terminal acetylenes is 1. The lowest BCUT2D eigenvalue weighted by Crippen LogP contribution is -2.19. The summed E-state index contributed by atoms with van der Waals surface area (Å²) in [6.07, 6.45) is 7.10. The number of benzene rings is 1. The van der Waals surface area contributed by atoms with E-state index in [0.717, 1.165) is 23.0 Å². The summed E-state index contributed by atoms with van der Waals surface area (Å²) in [6.45, 7) is 0. The van der Waals surface area contributed by atoms with Gasteiger partial charge in [0, 0.05) is 11.5 Å². The number of aliphatic hydroxyl groups is 1. The molecule has 0 aromatic heterocycles. The number of fused-ring (bicyclic) bond motifs is 3. The van der Waals surface area contributed by atoms with E-state index in [4.69, 9.17) is 11.5 Å². The summed E-state index contributed by atoms with van der Waals surface area (Å²) in [7, 11) is 0. The summed E-state index contributed by atoms with van der Waals surface area (Å²) in [6, 6.07) is 5.76. The van der Waals surface area contributed by atoms with Gasteiger partial charge in [-0.1, -0.05) is 18.1 Å². The van der Waals surface area contributed by atoms with E-state index in [9.17, 15) is 4.79 Å². The van der Waals surface area contributed by atoms with Crippen LogP contribution < -0.4 is 5.32 Å². The van der Waals surface area contributed by atoms with Crippen molar-refractivity contribution in [2.75, 3.05) is 0 Å². The summed E-state index contributed by atoms with van der Waals surface area (Å²) < 4.78 is 0. The van der Waals surface area contributed by atoms with Gasteiger partial charge in [0.1, 0.15) is 0 Å².